The van der Waals surface area contributed by atoms with Gasteiger partial charge in [0.25, 0.3) is 0 Å². The molecule has 1 aliphatic rings. The topological polar surface area (TPSA) is 84.9 Å². The van der Waals surface area contributed by atoms with Gasteiger partial charge in [0.2, 0.25) is 5.91 Å². The third-order valence-corrected chi connectivity index (χ3v) is 6.63. The highest BCUT2D eigenvalue weighted by molar-refractivity contribution is 5.76. The number of methoxy groups -OCH3 is 1. The summed E-state index contributed by atoms with van der Waals surface area (Å²) in [6.45, 7) is 7.99. The van der Waals surface area contributed by atoms with Gasteiger partial charge in [-0.05, 0) is 54.4 Å². The fourth-order valence-corrected chi connectivity index (χ4v) is 5.48. The van der Waals surface area contributed by atoms with Crippen LogP contribution in [0.2, 0.25) is 0 Å². The van der Waals surface area contributed by atoms with E-state index in [-0.39, 0.29) is 28.6 Å². The van der Waals surface area contributed by atoms with Crippen LogP contribution in [0.4, 0.5) is 4.79 Å². The first-order chi connectivity index (χ1) is 16.0. The zero-order valence-corrected chi connectivity index (χ0v) is 21.5. The second kappa shape index (κ2) is 12.8. The van der Waals surface area contributed by atoms with Crippen LogP contribution in [0.3, 0.4) is 0 Å². The molecule has 1 N–H and O–H groups in total. The average molecular weight is 475 g/mol. The van der Waals surface area contributed by atoms with Gasteiger partial charge in [0.05, 0.1) is 13.7 Å². The predicted molar refractivity (Wildman–Crippen MR) is 132 cm³/mol. The van der Waals surface area contributed by atoms with Crippen LogP contribution in [-0.4, -0.2) is 56.7 Å². The predicted octanol–water partition coefficient (Wildman–Crippen LogP) is 4.59. The lowest BCUT2D eigenvalue weighted by Gasteiger charge is -2.46. The molecule has 2 atom stereocenters. The summed E-state index contributed by atoms with van der Waals surface area (Å²) in [4.78, 5) is 38.1. The highest BCUT2D eigenvalue weighted by atomic mass is 16.5. The second-order valence-corrected chi connectivity index (χ2v) is 10.9. The maximum atomic E-state index is 12.5. The van der Waals surface area contributed by atoms with Crippen molar-refractivity contribution in [2.24, 2.45) is 16.7 Å². The first-order valence-electron chi connectivity index (χ1n) is 12.3. The fraction of sp³-hybridized carbons (Fsp3) is 0.667. The van der Waals surface area contributed by atoms with Gasteiger partial charge in [-0.3, -0.25) is 9.59 Å². The van der Waals surface area contributed by atoms with Gasteiger partial charge in [-0.2, -0.15) is 0 Å². The molecular formula is C27H42N2O5. The number of nitrogens with one attached hydrogen (secondary N) is 1. The Hall–Kier alpha value is -2.57. The van der Waals surface area contributed by atoms with Crippen LogP contribution in [-0.2, 0) is 25.5 Å². The fourth-order valence-electron chi connectivity index (χ4n) is 5.48. The Kier molecular flexibility index (Phi) is 10.4. The Morgan fingerprint density at radius 2 is 1.82 bits per heavy atom. The van der Waals surface area contributed by atoms with Gasteiger partial charge in [0.15, 0.2) is 0 Å². The highest BCUT2D eigenvalue weighted by Gasteiger charge is 2.42. The molecule has 190 valence electrons. The van der Waals surface area contributed by atoms with Crippen LogP contribution in [0.25, 0.3) is 0 Å². The minimum Gasteiger partial charge on any atom is -0.466 e. The van der Waals surface area contributed by atoms with Gasteiger partial charge < -0.3 is 19.7 Å². The molecule has 1 saturated carbocycles. The molecule has 0 radical (unpaired) electrons. The number of benzene rings is 1. The van der Waals surface area contributed by atoms with Crippen molar-refractivity contribution in [1.29, 1.82) is 0 Å². The Morgan fingerprint density at radius 1 is 1.12 bits per heavy atom. The maximum absolute atomic E-state index is 12.5. The summed E-state index contributed by atoms with van der Waals surface area (Å²) in [5.74, 6) is 0.117. The smallest absolute Gasteiger partial charge is 0.406 e. The molecule has 1 fully saturated rings. The molecule has 2 rings (SSSR count). The highest BCUT2D eigenvalue weighted by Crippen LogP contribution is 2.49. The number of hydrogen-bond acceptors (Lipinski definition) is 5. The van der Waals surface area contributed by atoms with Gasteiger partial charge in [0, 0.05) is 33.0 Å². The van der Waals surface area contributed by atoms with E-state index in [9.17, 15) is 14.4 Å². The molecule has 7 nitrogen and oxygen atoms in total. The van der Waals surface area contributed by atoms with Crippen molar-refractivity contribution in [3.8, 4) is 0 Å². The molecule has 1 aromatic carbocycles. The molecule has 1 aromatic rings. The lowest BCUT2D eigenvalue weighted by atomic mass is 9.60. The number of ether oxygens (including phenoxy) is 2. The van der Waals surface area contributed by atoms with Gasteiger partial charge in [-0.15, -0.1) is 0 Å². The summed E-state index contributed by atoms with van der Waals surface area (Å²) in [5.41, 5.74) is 1.14. The maximum Gasteiger partial charge on any atom is 0.406 e. The Balaban J connectivity index is 1.70. The monoisotopic (exact) mass is 474 g/mol. The van der Waals surface area contributed by atoms with Crippen molar-refractivity contribution in [1.82, 2.24) is 10.2 Å². The number of esters is 1. The van der Waals surface area contributed by atoms with Crippen molar-refractivity contribution in [3.63, 3.8) is 0 Å². The first-order valence-corrected chi connectivity index (χ1v) is 12.3. The zero-order valence-electron chi connectivity index (χ0n) is 21.5. The number of hydrogen-bond donors (Lipinski definition) is 1. The lowest BCUT2D eigenvalue weighted by molar-refractivity contribution is -0.146. The molecule has 7 heteroatoms. The van der Waals surface area contributed by atoms with Gasteiger partial charge in [-0.1, -0.05) is 51.1 Å². The summed E-state index contributed by atoms with van der Waals surface area (Å²) in [5, 5.41) is 2.82. The van der Waals surface area contributed by atoms with Gasteiger partial charge >= 0.3 is 12.1 Å². The molecular weight excluding hydrogens is 432 g/mol. The minimum atomic E-state index is -0.427. The van der Waals surface area contributed by atoms with Crippen LogP contribution in [0.1, 0.15) is 64.9 Å². The van der Waals surface area contributed by atoms with Crippen molar-refractivity contribution in [3.05, 3.63) is 35.9 Å². The van der Waals surface area contributed by atoms with E-state index < -0.39 is 6.09 Å². The number of alkyl carbamates (subject to hydrolysis) is 1. The van der Waals surface area contributed by atoms with Crippen molar-refractivity contribution < 1.29 is 23.9 Å². The number of nitrogens with zero attached hydrogens (tertiary/aromatic N) is 1. The third-order valence-electron chi connectivity index (χ3n) is 6.63. The van der Waals surface area contributed by atoms with Crippen LogP contribution in [0.5, 0.6) is 0 Å². The van der Waals surface area contributed by atoms with E-state index in [1.807, 2.05) is 30.3 Å². The molecule has 0 aromatic heterocycles. The molecule has 0 spiro atoms. The summed E-state index contributed by atoms with van der Waals surface area (Å²) >= 11 is 0. The molecule has 34 heavy (non-hydrogen) atoms. The van der Waals surface area contributed by atoms with Crippen molar-refractivity contribution in [2.45, 2.75) is 65.7 Å². The van der Waals surface area contributed by atoms with E-state index in [1.54, 1.807) is 11.9 Å². The Labute approximate surface area is 204 Å². The number of rotatable bonds is 11. The summed E-state index contributed by atoms with van der Waals surface area (Å²) in [6, 6.07) is 9.98. The lowest BCUT2D eigenvalue weighted by Crippen LogP contribution is -2.44. The molecule has 2 unspecified atom stereocenters. The van der Waals surface area contributed by atoms with E-state index >= 15 is 0 Å². The largest absolute Gasteiger partial charge is 0.466 e. The van der Waals surface area contributed by atoms with Crippen LogP contribution >= 0.6 is 0 Å². The van der Waals surface area contributed by atoms with E-state index in [1.165, 1.54) is 7.11 Å². The average Bonchev–Trinajstić information content (AvgIpc) is 2.77. The SMILES string of the molecule is COC(=O)NCC1(C)CC(CC(=O)OCCCN(C)C(=O)CCc2ccccc2)CC(C)(C)C1. The number of carbonyl (C=O) groups excluding carboxylic acids is 3. The van der Waals surface area contributed by atoms with E-state index in [0.29, 0.717) is 39.0 Å². The molecule has 2 amide bonds. The summed E-state index contributed by atoms with van der Waals surface area (Å²) in [7, 11) is 3.15. The quantitative estimate of drug-likeness (QED) is 0.375. The van der Waals surface area contributed by atoms with Crippen molar-refractivity contribution >= 4 is 18.0 Å². The van der Waals surface area contributed by atoms with E-state index in [4.69, 9.17) is 9.47 Å². The molecule has 0 saturated heterocycles. The van der Waals surface area contributed by atoms with Gasteiger partial charge in [0.1, 0.15) is 0 Å². The molecule has 0 bridgehead atoms. The second-order valence-electron chi connectivity index (χ2n) is 10.9. The normalized spacial score (nSPS) is 21.4. The minimum absolute atomic E-state index is 0.0819. The van der Waals surface area contributed by atoms with E-state index in [2.05, 4.69) is 26.1 Å². The van der Waals surface area contributed by atoms with E-state index in [0.717, 1.165) is 31.2 Å². The number of amides is 2. The molecule has 0 heterocycles. The summed E-state index contributed by atoms with van der Waals surface area (Å²) < 4.78 is 10.2. The first kappa shape index (κ1) is 27.7. The molecule has 1 aliphatic carbocycles. The van der Waals surface area contributed by atoms with Crippen molar-refractivity contribution in [2.75, 3.05) is 33.9 Å². The molecule has 0 aliphatic heterocycles. The third kappa shape index (κ3) is 9.74. The van der Waals surface area contributed by atoms with Gasteiger partial charge in [-0.25, -0.2) is 4.79 Å². The number of carbonyl (C=O) groups is 3. The zero-order chi connectivity index (χ0) is 25.2. The Morgan fingerprint density at radius 3 is 2.50 bits per heavy atom. The van der Waals surface area contributed by atoms with Crippen LogP contribution in [0.15, 0.2) is 30.3 Å². The van der Waals surface area contributed by atoms with Crippen LogP contribution < -0.4 is 5.32 Å². The Bertz CT molecular complexity index is 810. The standard InChI is InChI=1S/C27H42N2O5/c1-26(2)17-22(18-27(3,19-26)20-28-25(32)33-5)16-24(31)34-15-9-14-29(4)23(30)13-12-21-10-7-6-8-11-21/h6-8,10-11,22H,9,12-20H2,1-5H3,(H,28,32). The number of aryl methyl sites for hydroxylation is 1. The summed E-state index contributed by atoms with van der Waals surface area (Å²) in [6.07, 6.45) is 4.55. The van der Waals surface area contributed by atoms with Crippen LogP contribution in [0, 0.1) is 16.7 Å².